The molecule has 5 nitrogen and oxygen atoms in total. The van der Waals surface area contributed by atoms with Crippen molar-refractivity contribution in [2.75, 3.05) is 13.7 Å². The topological polar surface area (TPSA) is 75.6 Å². The Balaban J connectivity index is 2.50. The van der Waals surface area contributed by atoms with Crippen molar-refractivity contribution in [3.8, 4) is 0 Å². The zero-order chi connectivity index (χ0) is 13.4. The molecular formula is C12H15NO4S. The Bertz CT molecular complexity index is 439. The van der Waals surface area contributed by atoms with Crippen LogP contribution in [0.15, 0.2) is 17.5 Å². The van der Waals surface area contributed by atoms with Crippen LogP contribution in [0.5, 0.6) is 0 Å². The van der Waals surface area contributed by atoms with E-state index in [0.29, 0.717) is 19.6 Å². The van der Waals surface area contributed by atoms with E-state index in [9.17, 15) is 9.59 Å². The first-order valence-electron chi connectivity index (χ1n) is 5.36. The van der Waals surface area contributed by atoms with Gasteiger partial charge in [0.05, 0.1) is 13.2 Å². The van der Waals surface area contributed by atoms with Crippen LogP contribution in [0.4, 0.5) is 0 Å². The van der Waals surface area contributed by atoms with Crippen molar-refractivity contribution in [1.82, 2.24) is 5.32 Å². The van der Waals surface area contributed by atoms with Crippen molar-refractivity contribution in [1.29, 1.82) is 0 Å². The Labute approximate surface area is 109 Å². The lowest BCUT2D eigenvalue weighted by Crippen LogP contribution is -2.23. The highest BCUT2D eigenvalue weighted by Gasteiger charge is 2.05. The molecule has 0 spiro atoms. The highest BCUT2D eigenvalue weighted by molar-refractivity contribution is 7.10. The molecule has 1 heterocycles. The van der Waals surface area contributed by atoms with Crippen LogP contribution in [-0.2, 0) is 20.9 Å². The number of aliphatic carboxylic acids is 1. The molecule has 0 unspecified atom stereocenters. The Hall–Kier alpha value is -1.66. The standard InChI is InChI=1S/C12H15NO4S/c1-17-6-4-11(14)13-8-10-9(5-7-18-10)2-3-12(15)16/h2-3,5,7H,4,6,8H2,1H3,(H,13,14)(H,15,16). The molecule has 0 bridgehead atoms. The van der Waals surface area contributed by atoms with Crippen LogP contribution in [0.25, 0.3) is 6.08 Å². The van der Waals surface area contributed by atoms with Gasteiger partial charge in [0.2, 0.25) is 5.91 Å². The predicted molar refractivity (Wildman–Crippen MR) is 69.3 cm³/mol. The third kappa shape index (κ3) is 5.11. The summed E-state index contributed by atoms with van der Waals surface area (Å²) in [7, 11) is 1.54. The van der Waals surface area contributed by atoms with E-state index < -0.39 is 5.97 Å². The normalized spacial score (nSPS) is 10.7. The summed E-state index contributed by atoms with van der Waals surface area (Å²) in [5.74, 6) is -1.07. The number of hydrogen-bond acceptors (Lipinski definition) is 4. The summed E-state index contributed by atoms with van der Waals surface area (Å²) < 4.78 is 4.80. The quantitative estimate of drug-likeness (QED) is 0.735. The Kier molecular flexibility index (Phi) is 6.10. The van der Waals surface area contributed by atoms with Crippen molar-refractivity contribution in [2.24, 2.45) is 0 Å². The van der Waals surface area contributed by atoms with Gasteiger partial charge < -0.3 is 15.2 Å². The Morgan fingerprint density at radius 1 is 1.56 bits per heavy atom. The smallest absolute Gasteiger partial charge is 0.328 e. The third-order valence-corrected chi connectivity index (χ3v) is 3.10. The molecule has 0 atom stereocenters. The lowest BCUT2D eigenvalue weighted by molar-refractivity contribution is -0.131. The van der Waals surface area contributed by atoms with Crippen molar-refractivity contribution >= 4 is 29.3 Å². The second-order valence-electron chi connectivity index (χ2n) is 3.49. The van der Waals surface area contributed by atoms with Crippen molar-refractivity contribution in [2.45, 2.75) is 13.0 Å². The highest BCUT2D eigenvalue weighted by Crippen LogP contribution is 2.18. The summed E-state index contributed by atoms with van der Waals surface area (Å²) in [6.07, 6.45) is 2.93. The van der Waals surface area contributed by atoms with E-state index in [2.05, 4.69) is 5.32 Å². The van der Waals surface area contributed by atoms with Crippen LogP contribution in [0.3, 0.4) is 0 Å². The second-order valence-corrected chi connectivity index (χ2v) is 4.49. The molecule has 0 aromatic carbocycles. The molecule has 0 radical (unpaired) electrons. The van der Waals surface area contributed by atoms with E-state index in [1.807, 2.05) is 11.4 Å². The summed E-state index contributed by atoms with van der Waals surface area (Å²) in [6.45, 7) is 0.793. The number of carboxylic acids is 1. The number of hydrogen-bond donors (Lipinski definition) is 2. The van der Waals surface area contributed by atoms with Gasteiger partial charge in [-0.1, -0.05) is 0 Å². The molecule has 0 fully saturated rings. The summed E-state index contributed by atoms with van der Waals surface area (Å²) in [4.78, 5) is 22.7. The maximum absolute atomic E-state index is 11.4. The molecule has 1 aromatic heterocycles. The molecule has 6 heteroatoms. The number of rotatable bonds is 7. The molecule has 98 valence electrons. The van der Waals surface area contributed by atoms with Gasteiger partial charge in [0.25, 0.3) is 0 Å². The van der Waals surface area contributed by atoms with Crippen molar-refractivity contribution < 1.29 is 19.4 Å². The Morgan fingerprint density at radius 3 is 3.00 bits per heavy atom. The molecule has 2 N–H and O–H groups in total. The molecule has 0 aliphatic carbocycles. The molecule has 1 amide bonds. The summed E-state index contributed by atoms with van der Waals surface area (Å²) in [6, 6.07) is 1.82. The van der Waals surface area contributed by atoms with Crippen LogP contribution < -0.4 is 5.32 Å². The van der Waals surface area contributed by atoms with E-state index in [-0.39, 0.29) is 5.91 Å². The monoisotopic (exact) mass is 269 g/mol. The van der Waals surface area contributed by atoms with Gasteiger partial charge >= 0.3 is 5.97 Å². The number of ether oxygens (including phenoxy) is 1. The van der Waals surface area contributed by atoms with Crippen LogP contribution in [0, 0.1) is 0 Å². The minimum absolute atomic E-state index is 0.0848. The maximum atomic E-state index is 11.4. The third-order valence-electron chi connectivity index (χ3n) is 2.16. The lowest BCUT2D eigenvalue weighted by atomic mass is 10.2. The zero-order valence-corrected chi connectivity index (χ0v) is 10.8. The largest absolute Gasteiger partial charge is 0.478 e. The molecule has 0 aliphatic heterocycles. The lowest BCUT2D eigenvalue weighted by Gasteiger charge is -2.04. The average Bonchev–Trinajstić information content (AvgIpc) is 2.78. The number of nitrogens with one attached hydrogen (secondary N) is 1. The summed E-state index contributed by atoms with van der Waals surface area (Å²) in [5, 5.41) is 13.2. The van der Waals surface area contributed by atoms with E-state index in [0.717, 1.165) is 16.5 Å². The van der Waals surface area contributed by atoms with Crippen LogP contribution >= 0.6 is 11.3 Å². The molecule has 0 saturated carbocycles. The number of methoxy groups -OCH3 is 1. The second kappa shape index (κ2) is 7.62. The fourth-order valence-electron chi connectivity index (χ4n) is 1.27. The summed E-state index contributed by atoms with van der Waals surface area (Å²) in [5.41, 5.74) is 0.814. The van der Waals surface area contributed by atoms with E-state index in [1.165, 1.54) is 17.4 Å². The van der Waals surface area contributed by atoms with Gasteiger partial charge in [0, 0.05) is 24.5 Å². The van der Waals surface area contributed by atoms with Gasteiger partial charge in [-0.2, -0.15) is 0 Å². The Morgan fingerprint density at radius 2 is 2.33 bits per heavy atom. The number of thiophene rings is 1. The number of amides is 1. The molecule has 1 aromatic rings. The summed E-state index contributed by atoms with van der Waals surface area (Å²) >= 11 is 1.48. The van der Waals surface area contributed by atoms with Crippen molar-refractivity contribution in [3.05, 3.63) is 28.0 Å². The minimum Gasteiger partial charge on any atom is -0.478 e. The molecule has 1 rings (SSSR count). The molecular weight excluding hydrogens is 254 g/mol. The van der Waals surface area contributed by atoms with Gasteiger partial charge in [-0.25, -0.2) is 4.79 Å². The van der Waals surface area contributed by atoms with Crippen LogP contribution in [0.2, 0.25) is 0 Å². The van der Waals surface area contributed by atoms with Gasteiger partial charge in [-0.15, -0.1) is 11.3 Å². The van der Waals surface area contributed by atoms with E-state index >= 15 is 0 Å². The van der Waals surface area contributed by atoms with E-state index in [1.54, 1.807) is 7.11 Å². The SMILES string of the molecule is COCCC(=O)NCc1sccc1C=CC(=O)O. The van der Waals surface area contributed by atoms with Crippen LogP contribution in [0.1, 0.15) is 16.9 Å². The van der Waals surface area contributed by atoms with Gasteiger partial charge in [0.15, 0.2) is 0 Å². The first kappa shape index (κ1) is 14.4. The first-order valence-corrected chi connectivity index (χ1v) is 6.24. The first-order chi connectivity index (χ1) is 8.63. The van der Waals surface area contributed by atoms with Gasteiger partial charge in [-0.05, 0) is 23.1 Å². The average molecular weight is 269 g/mol. The van der Waals surface area contributed by atoms with Crippen molar-refractivity contribution in [3.63, 3.8) is 0 Å². The number of carboxylic acid groups (broad SMARTS) is 1. The maximum Gasteiger partial charge on any atom is 0.328 e. The zero-order valence-electron chi connectivity index (χ0n) is 10.0. The molecule has 0 aliphatic rings. The molecule has 18 heavy (non-hydrogen) atoms. The van der Waals surface area contributed by atoms with E-state index in [4.69, 9.17) is 9.84 Å². The predicted octanol–water partition coefficient (Wildman–Crippen LogP) is 1.50. The fourth-order valence-corrected chi connectivity index (χ4v) is 2.07. The van der Waals surface area contributed by atoms with Crippen LogP contribution in [-0.4, -0.2) is 30.7 Å². The fraction of sp³-hybridized carbons (Fsp3) is 0.333. The minimum atomic E-state index is -0.990. The highest BCUT2D eigenvalue weighted by atomic mass is 32.1. The van der Waals surface area contributed by atoms with Gasteiger partial charge in [-0.3, -0.25) is 4.79 Å². The number of carbonyl (C=O) groups excluding carboxylic acids is 1. The van der Waals surface area contributed by atoms with Gasteiger partial charge in [0.1, 0.15) is 0 Å². The molecule has 0 saturated heterocycles. The number of carbonyl (C=O) groups is 2.